The molecule has 21 heavy (non-hydrogen) atoms. The van der Waals surface area contributed by atoms with Gasteiger partial charge in [0.2, 0.25) is 5.91 Å². The molecule has 2 N–H and O–H groups in total. The molecule has 0 bridgehead atoms. The minimum absolute atomic E-state index is 0.00608. The van der Waals surface area contributed by atoms with Crippen LogP contribution in [0.4, 0.5) is 0 Å². The number of rotatable bonds is 4. The monoisotopic (exact) mass is 284 g/mol. The molecule has 3 rings (SSSR count). The lowest BCUT2D eigenvalue weighted by atomic mass is 10.1. The summed E-state index contributed by atoms with van der Waals surface area (Å²) in [6.07, 6.45) is 5.67. The van der Waals surface area contributed by atoms with E-state index in [0.29, 0.717) is 0 Å². The largest absolute Gasteiger partial charge is 0.348 e. The lowest BCUT2D eigenvalue weighted by molar-refractivity contribution is -0.123. The van der Waals surface area contributed by atoms with Gasteiger partial charge < -0.3 is 10.6 Å². The van der Waals surface area contributed by atoms with E-state index >= 15 is 0 Å². The Kier molecular flexibility index (Phi) is 4.01. The van der Waals surface area contributed by atoms with Crippen molar-refractivity contribution in [1.82, 2.24) is 20.4 Å². The quantitative estimate of drug-likeness (QED) is 0.900. The molecule has 2 heterocycles. The van der Waals surface area contributed by atoms with Crippen molar-refractivity contribution < 1.29 is 4.79 Å². The van der Waals surface area contributed by atoms with E-state index in [1.165, 1.54) is 0 Å². The molecule has 1 aromatic heterocycles. The molecule has 1 aliphatic heterocycles. The van der Waals surface area contributed by atoms with Crippen LogP contribution < -0.4 is 10.6 Å². The number of nitrogens with zero attached hydrogens (tertiary/aromatic N) is 2. The summed E-state index contributed by atoms with van der Waals surface area (Å²) in [6, 6.07) is 9.96. The van der Waals surface area contributed by atoms with Gasteiger partial charge in [0.1, 0.15) is 0 Å². The van der Waals surface area contributed by atoms with Crippen molar-refractivity contribution in [3.8, 4) is 5.69 Å². The molecule has 2 aromatic rings. The van der Waals surface area contributed by atoms with Crippen molar-refractivity contribution in [1.29, 1.82) is 0 Å². The first kappa shape index (κ1) is 13.8. The number of hydrogen-bond donors (Lipinski definition) is 2. The SMILES string of the molecule is CC(NC(=O)C1CCCN1)c1ccc(-n2cccn2)cc1. The first-order chi connectivity index (χ1) is 10.2. The second-order valence-corrected chi connectivity index (χ2v) is 5.42. The van der Waals surface area contributed by atoms with Gasteiger partial charge in [-0.05, 0) is 50.1 Å². The zero-order valence-corrected chi connectivity index (χ0v) is 12.1. The van der Waals surface area contributed by atoms with E-state index in [1.807, 2.05) is 48.1 Å². The van der Waals surface area contributed by atoms with Crippen LogP contribution in [0.1, 0.15) is 31.4 Å². The molecule has 1 saturated heterocycles. The molecule has 0 aliphatic carbocycles. The van der Waals surface area contributed by atoms with Crippen LogP contribution in [0.3, 0.4) is 0 Å². The number of amides is 1. The van der Waals surface area contributed by atoms with Crippen LogP contribution in [0.15, 0.2) is 42.7 Å². The highest BCUT2D eigenvalue weighted by atomic mass is 16.2. The Balaban J connectivity index is 1.64. The third-order valence-electron chi connectivity index (χ3n) is 3.90. The molecule has 0 radical (unpaired) electrons. The van der Waals surface area contributed by atoms with Crippen LogP contribution in [0.25, 0.3) is 5.69 Å². The summed E-state index contributed by atoms with van der Waals surface area (Å²) in [4.78, 5) is 12.1. The van der Waals surface area contributed by atoms with Crippen molar-refractivity contribution in [2.45, 2.75) is 31.8 Å². The maximum atomic E-state index is 12.1. The molecule has 1 aliphatic rings. The fourth-order valence-electron chi connectivity index (χ4n) is 2.64. The number of benzene rings is 1. The Morgan fingerprint density at radius 2 is 2.24 bits per heavy atom. The van der Waals surface area contributed by atoms with E-state index in [4.69, 9.17) is 0 Å². The van der Waals surface area contributed by atoms with Crippen LogP contribution in [0.5, 0.6) is 0 Å². The Morgan fingerprint density at radius 3 is 2.86 bits per heavy atom. The second-order valence-electron chi connectivity index (χ2n) is 5.42. The smallest absolute Gasteiger partial charge is 0.237 e. The molecule has 1 aromatic carbocycles. The summed E-state index contributed by atoms with van der Waals surface area (Å²) in [5, 5.41) is 10.5. The summed E-state index contributed by atoms with van der Waals surface area (Å²) in [5.74, 6) is 0.0937. The number of nitrogens with one attached hydrogen (secondary N) is 2. The standard InChI is InChI=1S/C16H20N4O/c1-12(19-16(21)15-4-2-9-17-15)13-5-7-14(8-6-13)20-11-3-10-18-20/h3,5-8,10-12,15,17H,2,4,9H2,1H3,(H,19,21). The van der Waals surface area contributed by atoms with Crippen molar-refractivity contribution >= 4 is 5.91 Å². The van der Waals surface area contributed by atoms with E-state index in [9.17, 15) is 4.79 Å². The fraction of sp³-hybridized carbons (Fsp3) is 0.375. The Bertz CT molecular complexity index is 585. The van der Waals surface area contributed by atoms with Gasteiger partial charge in [0.05, 0.1) is 17.8 Å². The normalized spacial score (nSPS) is 19.4. The lowest BCUT2D eigenvalue weighted by Gasteiger charge is -2.18. The second kappa shape index (κ2) is 6.10. The zero-order chi connectivity index (χ0) is 14.7. The van der Waals surface area contributed by atoms with Crippen LogP contribution in [0, 0.1) is 0 Å². The molecule has 0 saturated carbocycles. The summed E-state index contributed by atoms with van der Waals surface area (Å²) in [5.41, 5.74) is 2.11. The maximum absolute atomic E-state index is 12.1. The molecular weight excluding hydrogens is 264 g/mol. The molecule has 5 nitrogen and oxygen atoms in total. The van der Waals surface area contributed by atoms with Gasteiger partial charge in [-0.2, -0.15) is 5.10 Å². The Morgan fingerprint density at radius 1 is 1.43 bits per heavy atom. The van der Waals surface area contributed by atoms with Crippen molar-refractivity contribution in [3.63, 3.8) is 0 Å². The maximum Gasteiger partial charge on any atom is 0.237 e. The highest BCUT2D eigenvalue weighted by Crippen LogP contribution is 2.16. The first-order valence-electron chi connectivity index (χ1n) is 7.38. The van der Waals surface area contributed by atoms with Crippen molar-refractivity contribution in [3.05, 3.63) is 48.3 Å². The van der Waals surface area contributed by atoms with Gasteiger partial charge in [-0.15, -0.1) is 0 Å². The third-order valence-corrected chi connectivity index (χ3v) is 3.90. The Hall–Kier alpha value is -2.14. The third kappa shape index (κ3) is 3.13. The summed E-state index contributed by atoms with van der Waals surface area (Å²) in [6.45, 7) is 2.95. The molecule has 5 heteroatoms. The van der Waals surface area contributed by atoms with Gasteiger partial charge in [0.25, 0.3) is 0 Å². The van der Waals surface area contributed by atoms with Crippen LogP contribution >= 0.6 is 0 Å². The van der Waals surface area contributed by atoms with Gasteiger partial charge >= 0.3 is 0 Å². The van der Waals surface area contributed by atoms with Gasteiger partial charge in [0.15, 0.2) is 0 Å². The fourth-order valence-corrected chi connectivity index (χ4v) is 2.64. The molecule has 110 valence electrons. The lowest BCUT2D eigenvalue weighted by Crippen LogP contribution is -2.41. The van der Waals surface area contributed by atoms with E-state index in [2.05, 4.69) is 15.7 Å². The molecule has 0 spiro atoms. The number of aromatic nitrogens is 2. The molecule has 2 atom stereocenters. The van der Waals surface area contributed by atoms with Gasteiger partial charge in [-0.3, -0.25) is 4.79 Å². The molecule has 2 unspecified atom stereocenters. The predicted molar refractivity (Wildman–Crippen MR) is 81.1 cm³/mol. The Labute approximate surface area is 124 Å². The predicted octanol–water partition coefficient (Wildman–Crippen LogP) is 1.80. The van der Waals surface area contributed by atoms with E-state index < -0.39 is 0 Å². The average Bonchev–Trinajstić information content (AvgIpc) is 3.20. The summed E-state index contributed by atoms with van der Waals surface area (Å²) >= 11 is 0. The molecule has 1 fully saturated rings. The van der Waals surface area contributed by atoms with E-state index in [1.54, 1.807) is 6.20 Å². The van der Waals surface area contributed by atoms with E-state index in [0.717, 1.165) is 30.6 Å². The summed E-state index contributed by atoms with van der Waals surface area (Å²) < 4.78 is 1.81. The highest BCUT2D eigenvalue weighted by molar-refractivity contribution is 5.82. The van der Waals surface area contributed by atoms with Crippen molar-refractivity contribution in [2.24, 2.45) is 0 Å². The van der Waals surface area contributed by atoms with Crippen LogP contribution in [-0.2, 0) is 4.79 Å². The van der Waals surface area contributed by atoms with Crippen LogP contribution in [-0.4, -0.2) is 28.3 Å². The number of carbonyl (C=O) groups excluding carboxylic acids is 1. The van der Waals surface area contributed by atoms with Crippen molar-refractivity contribution in [2.75, 3.05) is 6.54 Å². The molecule has 1 amide bonds. The summed E-state index contributed by atoms with van der Waals surface area (Å²) in [7, 11) is 0. The van der Waals surface area contributed by atoms with Gasteiger partial charge in [-0.1, -0.05) is 12.1 Å². The molecular formula is C16H20N4O. The zero-order valence-electron chi connectivity index (χ0n) is 12.1. The topological polar surface area (TPSA) is 59.0 Å². The van der Waals surface area contributed by atoms with Gasteiger partial charge in [0, 0.05) is 12.4 Å². The average molecular weight is 284 g/mol. The highest BCUT2D eigenvalue weighted by Gasteiger charge is 2.23. The minimum Gasteiger partial charge on any atom is -0.348 e. The van der Waals surface area contributed by atoms with E-state index in [-0.39, 0.29) is 18.0 Å². The number of carbonyl (C=O) groups is 1. The minimum atomic E-state index is -0.0317. The first-order valence-corrected chi connectivity index (χ1v) is 7.38. The van der Waals surface area contributed by atoms with Gasteiger partial charge in [-0.25, -0.2) is 4.68 Å². The number of hydrogen-bond acceptors (Lipinski definition) is 3. The van der Waals surface area contributed by atoms with Crippen LogP contribution in [0.2, 0.25) is 0 Å².